The van der Waals surface area contributed by atoms with Gasteiger partial charge in [-0.1, -0.05) is 44.2 Å². The molecule has 1 N–H and O–H groups in total. The van der Waals surface area contributed by atoms with Crippen LogP contribution in [-0.4, -0.2) is 12.5 Å². The van der Waals surface area contributed by atoms with Crippen LogP contribution < -0.4 is 5.32 Å². The summed E-state index contributed by atoms with van der Waals surface area (Å²) in [5.41, 5.74) is 0.107. The van der Waals surface area contributed by atoms with E-state index in [0.717, 1.165) is 17.7 Å². The fourth-order valence-electron chi connectivity index (χ4n) is 2.09. The van der Waals surface area contributed by atoms with Gasteiger partial charge in [-0.25, -0.2) is 13.2 Å². The fraction of sp³-hybridized carbons (Fsp3) is 0.235. The lowest BCUT2D eigenvalue weighted by Crippen LogP contribution is -2.37. The van der Waals surface area contributed by atoms with E-state index < -0.39 is 28.9 Å². The molecule has 0 aromatic heterocycles. The third-order valence-electron chi connectivity index (χ3n) is 3.53. The number of hydrogen-bond donors (Lipinski definition) is 1. The first-order valence-corrected chi connectivity index (χ1v) is 6.80. The Morgan fingerprint density at radius 2 is 1.64 bits per heavy atom. The standard InChI is InChI=1S/C17H16F3NO/c1-17(2,11-6-4-3-5-7-11)10-21-16(22)12-8-9-13(18)15(20)14(12)19/h3-9H,10H2,1-2H3,(H,21,22). The molecule has 0 fully saturated rings. The number of amides is 1. The molecule has 0 saturated heterocycles. The predicted octanol–water partition coefficient (Wildman–Crippen LogP) is 3.81. The first kappa shape index (κ1) is 16.1. The molecule has 2 rings (SSSR count). The third-order valence-corrected chi connectivity index (χ3v) is 3.53. The van der Waals surface area contributed by atoms with Crippen LogP contribution in [0.1, 0.15) is 29.8 Å². The van der Waals surface area contributed by atoms with Crippen molar-refractivity contribution in [3.63, 3.8) is 0 Å². The van der Waals surface area contributed by atoms with Gasteiger partial charge in [-0.2, -0.15) is 0 Å². The van der Waals surface area contributed by atoms with Crippen LogP contribution in [0, 0.1) is 17.5 Å². The number of nitrogens with one attached hydrogen (secondary N) is 1. The lowest BCUT2D eigenvalue weighted by molar-refractivity contribution is 0.0940. The van der Waals surface area contributed by atoms with Gasteiger partial charge in [0, 0.05) is 12.0 Å². The Morgan fingerprint density at radius 1 is 1.00 bits per heavy atom. The Labute approximate surface area is 127 Å². The number of hydrogen-bond acceptors (Lipinski definition) is 1. The molecule has 0 spiro atoms. The van der Waals surface area contributed by atoms with E-state index in [4.69, 9.17) is 0 Å². The SMILES string of the molecule is CC(C)(CNC(=O)c1ccc(F)c(F)c1F)c1ccccc1. The van der Waals surface area contributed by atoms with Gasteiger partial charge in [-0.15, -0.1) is 0 Å². The number of benzene rings is 2. The molecule has 1 amide bonds. The number of halogens is 3. The zero-order valence-corrected chi connectivity index (χ0v) is 12.3. The quantitative estimate of drug-likeness (QED) is 0.855. The summed E-state index contributed by atoms with van der Waals surface area (Å²) in [6, 6.07) is 11.2. The second kappa shape index (κ2) is 6.22. The molecule has 0 unspecified atom stereocenters. The first-order valence-electron chi connectivity index (χ1n) is 6.80. The summed E-state index contributed by atoms with van der Waals surface area (Å²) in [6.07, 6.45) is 0. The highest BCUT2D eigenvalue weighted by Crippen LogP contribution is 2.22. The van der Waals surface area contributed by atoms with Crippen molar-refractivity contribution in [2.75, 3.05) is 6.54 Å². The minimum absolute atomic E-state index is 0.230. The Kier molecular flexibility index (Phi) is 4.54. The Hall–Kier alpha value is -2.30. The Morgan fingerprint density at radius 3 is 2.27 bits per heavy atom. The van der Waals surface area contributed by atoms with Crippen molar-refractivity contribution >= 4 is 5.91 Å². The van der Waals surface area contributed by atoms with Crippen LogP contribution in [0.4, 0.5) is 13.2 Å². The number of carbonyl (C=O) groups is 1. The molecular weight excluding hydrogens is 291 g/mol. The molecule has 0 aliphatic heterocycles. The normalized spacial score (nSPS) is 11.3. The fourth-order valence-corrected chi connectivity index (χ4v) is 2.09. The molecule has 0 aliphatic rings. The first-order chi connectivity index (χ1) is 10.3. The van der Waals surface area contributed by atoms with Gasteiger partial charge in [0.25, 0.3) is 5.91 Å². The molecule has 22 heavy (non-hydrogen) atoms. The van der Waals surface area contributed by atoms with E-state index in [-0.39, 0.29) is 12.0 Å². The summed E-state index contributed by atoms with van der Waals surface area (Å²) < 4.78 is 39.6. The highest BCUT2D eigenvalue weighted by atomic mass is 19.2. The molecule has 0 atom stereocenters. The van der Waals surface area contributed by atoms with Crippen LogP contribution in [0.2, 0.25) is 0 Å². The molecule has 0 heterocycles. The van der Waals surface area contributed by atoms with Gasteiger partial charge >= 0.3 is 0 Å². The monoisotopic (exact) mass is 307 g/mol. The van der Waals surface area contributed by atoms with Gasteiger partial charge in [-0.3, -0.25) is 4.79 Å². The minimum atomic E-state index is -1.64. The highest BCUT2D eigenvalue weighted by molar-refractivity contribution is 5.94. The zero-order valence-electron chi connectivity index (χ0n) is 12.3. The lowest BCUT2D eigenvalue weighted by atomic mass is 9.84. The second-order valence-electron chi connectivity index (χ2n) is 5.66. The van der Waals surface area contributed by atoms with Crippen LogP contribution in [0.15, 0.2) is 42.5 Å². The van der Waals surface area contributed by atoms with E-state index in [9.17, 15) is 18.0 Å². The van der Waals surface area contributed by atoms with Crippen molar-refractivity contribution < 1.29 is 18.0 Å². The van der Waals surface area contributed by atoms with E-state index in [1.165, 1.54) is 0 Å². The topological polar surface area (TPSA) is 29.1 Å². The van der Waals surface area contributed by atoms with E-state index >= 15 is 0 Å². The maximum absolute atomic E-state index is 13.6. The lowest BCUT2D eigenvalue weighted by Gasteiger charge is -2.25. The number of rotatable bonds is 4. The molecule has 0 aliphatic carbocycles. The summed E-state index contributed by atoms with van der Waals surface area (Å²) in [7, 11) is 0. The van der Waals surface area contributed by atoms with Crippen LogP contribution in [0.3, 0.4) is 0 Å². The smallest absolute Gasteiger partial charge is 0.254 e. The van der Waals surface area contributed by atoms with Crippen molar-refractivity contribution in [3.05, 3.63) is 71.0 Å². The van der Waals surface area contributed by atoms with E-state index in [1.54, 1.807) is 0 Å². The van der Waals surface area contributed by atoms with Crippen LogP contribution in [0.5, 0.6) is 0 Å². The second-order valence-corrected chi connectivity index (χ2v) is 5.66. The van der Waals surface area contributed by atoms with Crippen molar-refractivity contribution in [2.24, 2.45) is 0 Å². The summed E-state index contributed by atoms with van der Waals surface area (Å²) in [5, 5.41) is 2.56. The third kappa shape index (κ3) is 3.30. The Bertz CT molecular complexity index is 684. The molecule has 2 nitrogen and oxygen atoms in total. The van der Waals surface area contributed by atoms with Crippen molar-refractivity contribution in [1.29, 1.82) is 0 Å². The molecule has 0 saturated carbocycles. The summed E-state index contributed by atoms with van der Waals surface area (Å²) in [5.74, 6) is -5.22. The molecule has 116 valence electrons. The minimum Gasteiger partial charge on any atom is -0.351 e. The molecular formula is C17H16F3NO. The van der Waals surface area contributed by atoms with E-state index in [1.807, 2.05) is 44.2 Å². The van der Waals surface area contributed by atoms with Crippen LogP contribution in [-0.2, 0) is 5.41 Å². The zero-order chi connectivity index (χ0) is 16.3. The summed E-state index contributed by atoms with van der Waals surface area (Å²) >= 11 is 0. The maximum Gasteiger partial charge on any atom is 0.254 e. The average molecular weight is 307 g/mol. The molecule has 5 heteroatoms. The summed E-state index contributed by atoms with van der Waals surface area (Å²) in [6.45, 7) is 4.07. The summed E-state index contributed by atoms with van der Waals surface area (Å²) in [4.78, 5) is 12.0. The predicted molar refractivity (Wildman–Crippen MR) is 78.1 cm³/mol. The van der Waals surface area contributed by atoms with Crippen LogP contribution >= 0.6 is 0 Å². The molecule has 2 aromatic rings. The Balaban J connectivity index is 2.12. The van der Waals surface area contributed by atoms with Gasteiger partial charge in [0.1, 0.15) is 0 Å². The van der Waals surface area contributed by atoms with Crippen molar-refractivity contribution in [3.8, 4) is 0 Å². The largest absolute Gasteiger partial charge is 0.351 e. The number of carbonyl (C=O) groups excluding carboxylic acids is 1. The van der Waals surface area contributed by atoms with Gasteiger partial charge in [0.2, 0.25) is 0 Å². The van der Waals surface area contributed by atoms with Gasteiger partial charge in [-0.05, 0) is 17.7 Å². The van der Waals surface area contributed by atoms with Crippen molar-refractivity contribution in [2.45, 2.75) is 19.3 Å². The maximum atomic E-state index is 13.6. The van der Waals surface area contributed by atoms with Crippen LogP contribution in [0.25, 0.3) is 0 Å². The van der Waals surface area contributed by atoms with Gasteiger partial charge < -0.3 is 5.32 Å². The molecule has 2 aromatic carbocycles. The molecule has 0 bridgehead atoms. The van der Waals surface area contributed by atoms with Gasteiger partial charge in [0.15, 0.2) is 17.5 Å². The average Bonchev–Trinajstić information content (AvgIpc) is 2.51. The van der Waals surface area contributed by atoms with E-state index in [0.29, 0.717) is 0 Å². The highest BCUT2D eigenvalue weighted by Gasteiger charge is 2.23. The van der Waals surface area contributed by atoms with E-state index in [2.05, 4.69) is 5.32 Å². The van der Waals surface area contributed by atoms with Gasteiger partial charge in [0.05, 0.1) is 5.56 Å². The van der Waals surface area contributed by atoms with Crippen molar-refractivity contribution in [1.82, 2.24) is 5.32 Å². The molecule has 0 radical (unpaired) electrons.